The maximum absolute atomic E-state index is 5.77. The van der Waals surface area contributed by atoms with Crippen LogP contribution in [0, 0.1) is 27.7 Å². The van der Waals surface area contributed by atoms with E-state index in [1.807, 2.05) is 61.5 Å². The third-order valence-electron chi connectivity index (χ3n) is 12.3. The molecule has 10 rings (SSSR count). The van der Waals surface area contributed by atoms with E-state index in [2.05, 4.69) is 208 Å². The second kappa shape index (κ2) is 22.8. The van der Waals surface area contributed by atoms with Crippen molar-refractivity contribution in [3.63, 3.8) is 0 Å². The first-order chi connectivity index (χ1) is 31.9. The third-order valence-corrected chi connectivity index (χ3v) is 12.3. The van der Waals surface area contributed by atoms with Crippen LogP contribution in [-0.4, -0.2) is 0 Å². The molecule has 0 unspecified atom stereocenters. The highest BCUT2D eigenvalue weighted by molar-refractivity contribution is 6.09. The molecule has 0 aliphatic heterocycles. The quantitative estimate of drug-likeness (QED) is 0.168. The molecule has 0 fully saturated rings. The van der Waals surface area contributed by atoms with Gasteiger partial charge in [-0.3, -0.25) is 0 Å². The highest BCUT2D eigenvalue weighted by Gasteiger charge is 2.37. The van der Waals surface area contributed by atoms with E-state index in [1.165, 1.54) is 82.9 Å². The number of furan rings is 1. The van der Waals surface area contributed by atoms with Gasteiger partial charge < -0.3 is 4.42 Å². The molecule has 1 nitrogen and oxygen atoms in total. The molecule has 1 heterocycles. The Balaban J connectivity index is 0.000000156. The Morgan fingerprint density at radius 3 is 1.61 bits per heavy atom. The monoisotopic (exact) mass is 865 g/mol. The minimum Gasteiger partial charge on any atom is -0.456 e. The van der Waals surface area contributed by atoms with Gasteiger partial charge in [-0.15, -0.1) is 0 Å². The third kappa shape index (κ3) is 11.8. The fourth-order valence-electron chi connectivity index (χ4n) is 8.45. The normalized spacial score (nSPS) is 11.8. The number of allylic oxidation sites excluding steroid dienone is 1. The molecule has 0 atom stereocenters. The Hall–Kier alpha value is -6.96. The summed E-state index contributed by atoms with van der Waals surface area (Å²) in [6.07, 6.45) is 7.01. The first-order valence-corrected chi connectivity index (χ1v) is 23.5. The molecule has 0 saturated heterocycles. The van der Waals surface area contributed by atoms with E-state index >= 15 is 0 Å². The summed E-state index contributed by atoms with van der Waals surface area (Å²) in [5, 5.41) is 3.87. The van der Waals surface area contributed by atoms with Crippen LogP contribution in [0.15, 0.2) is 199 Å². The molecule has 9 aromatic rings. The van der Waals surface area contributed by atoms with Gasteiger partial charge in [-0.2, -0.15) is 0 Å². The van der Waals surface area contributed by atoms with Crippen LogP contribution in [0.25, 0.3) is 56.1 Å². The van der Waals surface area contributed by atoms with Gasteiger partial charge in [-0.25, -0.2) is 0 Å². The van der Waals surface area contributed by atoms with Crippen molar-refractivity contribution < 1.29 is 4.42 Å². The second-order valence-corrected chi connectivity index (χ2v) is 18.1. The number of benzene rings is 8. The zero-order valence-electron chi connectivity index (χ0n) is 41.0. The SMILES string of the molecule is C=Cc1oc2ccc(C(C)C)cc2c1/C=C\C.CCc1ccccc1.Cc1ccc(-c2cc3c(c4ccccc24)-c2ccc(C)cc2C3(C)C)cc1.Cc1ccccc1.Cc1ccccc1. The van der Waals surface area contributed by atoms with Crippen molar-refractivity contribution in [3.8, 4) is 22.3 Å². The largest absolute Gasteiger partial charge is 0.456 e. The van der Waals surface area contributed by atoms with Crippen molar-refractivity contribution in [1.29, 1.82) is 0 Å². The fourth-order valence-corrected chi connectivity index (χ4v) is 8.45. The van der Waals surface area contributed by atoms with Gasteiger partial charge in [0.2, 0.25) is 0 Å². The van der Waals surface area contributed by atoms with Gasteiger partial charge in [0.25, 0.3) is 0 Å². The summed E-state index contributed by atoms with van der Waals surface area (Å²) in [6, 6.07) is 64.5. The minimum absolute atomic E-state index is 0.0141. The van der Waals surface area contributed by atoms with Crippen molar-refractivity contribution in [2.45, 2.75) is 87.0 Å². The van der Waals surface area contributed by atoms with Gasteiger partial charge >= 0.3 is 0 Å². The van der Waals surface area contributed by atoms with Crippen LogP contribution in [0.5, 0.6) is 0 Å². The molecule has 0 radical (unpaired) electrons. The number of hydrogen-bond donors (Lipinski definition) is 0. The number of fused-ring (bicyclic) bond motifs is 6. The van der Waals surface area contributed by atoms with E-state index < -0.39 is 0 Å². The number of hydrogen-bond acceptors (Lipinski definition) is 1. The first-order valence-electron chi connectivity index (χ1n) is 23.5. The summed E-state index contributed by atoms with van der Waals surface area (Å²) in [6.45, 7) is 25.6. The minimum atomic E-state index is 0.0141. The van der Waals surface area contributed by atoms with Crippen LogP contribution in [-0.2, 0) is 11.8 Å². The van der Waals surface area contributed by atoms with Crippen molar-refractivity contribution in [1.82, 2.24) is 0 Å². The molecule has 1 aromatic heterocycles. The van der Waals surface area contributed by atoms with Crippen LogP contribution >= 0.6 is 0 Å². The first kappa shape index (κ1) is 48.5. The van der Waals surface area contributed by atoms with E-state index in [-0.39, 0.29) is 5.41 Å². The smallest absolute Gasteiger partial charge is 0.135 e. The standard InChI is InChI=1S/C27H24.C16H18O.C8H10.2C7H8/c1-17-9-12-19(13-10-17)23-16-25-26(21-8-6-5-7-20(21)23)22-14-11-18(2)15-24(22)27(25,3)4;1-5-7-13-14-10-12(11(3)4)8-9-16(14)17-15(13)6-2;1-2-8-6-4-3-5-7-8;2*1-7-5-3-2-4-6-7/h5-16H,1-4H3;5-11H,2H2,1,3-4H3;3-7H,2H2,1H3;2*2-6H,1H3/b;7-5-;;;. The summed E-state index contributed by atoms with van der Waals surface area (Å²) in [4.78, 5) is 0. The summed E-state index contributed by atoms with van der Waals surface area (Å²) >= 11 is 0. The zero-order chi connectivity index (χ0) is 47.2. The van der Waals surface area contributed by atoms with E-state index in [9.17, 15) is 0 Å². The Labute approximate surface area is 396 Å². The Bertz CT molecular complexity index is 2940. The van der Waals surface area contributed by atoms with Gasteiger partial charge in [0.15, 0.2) is 0 Å². The van der Waals surface area contributed by atoms with Crippen molar-refractivity contribution in [2.75, 3.05) is 0 Å². The number of aryl methyl sites for hydroxylation is 5. The summed E-state index contributed by atoms with van der Waals surface area (Å²) in [7, 11) is 0. The lowest BCUT2D eigenvalue weighted by Gasteiger charge is -2.23. The zero-order valence-corrected chi connectivity index (χ0v) is 41.0. The van der Waals surface area contributed by atoms with Gasteiger partial charge in [-0.05, 0) is 127 Å². The molecule has 66 heavy (non-hydrogen) atoms. The topological polar surface area (TPSA) is 13.1 Å². The van der Waals surface area contributed by atoms with E-state index in [0.717, 1.165) is 23.3 Å². The molecule has 1 aliphatic rings. The van der Waals surface area contributed by atoms with Crippen LogP contribution < -0.4 is 0 Å². The Kier molecular flexibility index (Phi) is 16.7. The molecule has 334 valence electrons. The highest BCUT2D eigenvalue weighted by Crippen LogP contribution is 2.53. The van der Waals surface area contributed by atoms with Crippen LogP contribution in [0.4, 0.5) is 0 Å². The predicted molar refractivity (Wildman–Crippen MR) is 290 cm³/mol. The van der Waals surface area contributed by atoms with Crippen LogP contribution in [0.3, 0.4) is 0 Å². The Morgan fingerprint density at radius 1 is 0.545 bits per heavy atom. The van der Waals surface area contributed by atoms with Crippen molar-refractivity contribution in [2.24, 2.45) is 0 Å². The summed E-state index contributed by atoms with van der Waals surface area (Å²) in [5.74, 6) is 1.37. The van der Waals surface area contributed by atoms with E-state index in [4.69, 9.17) is 4.42 Å². The molecule has 1 heteroatoms. The summed E-state index contributed by atoms with van der Waals surface area (Å²) in [5.41, 5.74) is 18.4. The van der Waals surface area contributed by atoms with Gasteiger partial charge in [0, 0.05) is 16.4 Å². The average molecular weight is 865 g/mol. The maximum Gasteiger partial charge on any atom is 0.135 e. The van der Waals surface area contributed by atoms with Crippen LogP contribution in [0.2, 0.25) is 0 Å². The van der Waals surface area contributed by atoms with Gasteiger partial charge in [0.05, 0.1) is 0 Å². The molecular formula is C65H68O. The maximum atomic E-state index is 5.77. The molecule has 0 amide bonds. The van der Waals surface area contributed by atoms with Gasteiger partial charge in [0.1, 0.15) is 11.3 Å². The second-order valence-electron chi connectivity index (χ2n) is 18.1. The molecule has 8 aromatic carbocycles. The lowest BCUT2D eigenvalue weighted by molar-refractivity contribution is 0.603. The molecule has 0 spiro atoms. The highest BCUT2D eigenvalue weighted by atomic mass is 16.3. The predicted octanol–water partition coefficient (Wildman–Crippen LogP) is 18.9. The van der Waals surface area contributed by atoms with Crippen LogP contribution in [0.1, 0.15) is 103 Å². The van der Waals surface area contributed by atoms with E-state index in [1.54, 1.807) is 6.08 Å². The van der Waals surface area contributed by atoms with Crippen molar-refractivity contribution in [3.05, 3.63) is 250 Å². The van der Waals surface area contributed by atoms with E-state index in [0.29, 0.717) is 5.92 Å². The molecular weight excluding hydrogens is 797 g/mol. The lowest BCUT2D eigenvalue weighted by Crippen LogP contribution is -2.15. The van der Waals surface area contributed by atoms with Crippen molar-refractivity contribution >= 4 is 33.9 Å². The average Bonchev–Trinajstić information content (AvgIpc) is 3.80. The molecule has 0 N–H and O–H groups in total. The Morgan fingerprint density at radius 2 is 1.09 bits per heavy atom. The van der Waals surface area contributed by atoms with Gasteiger partial charge in [-0.1, -0.05) is 239 Å². The molecule has 1 aliphatic carbocycles. The fraction of sp³-hybridized carbons (Fsp3) is 0.200. The summed E-state index contributed by atoms with van der Waals surface area (Å²) < 4.78 is 5.77. The number of rotatable bonds is 5. The lowest BCUT2D eigenvalue weighted by atomic mass is 9.80. The molecule has 0 saturated carbocycles. The molecule has 0 bridgehead atoms.